The quantitative estimate of drug-likeness (QED) is 0.674. The van der Waals surface area contributed by atoms with Gasteiger partial charge in [-0.25, -0.2) is 4.39 Å². The van der Waals surface area contributed by atoms with E-state index in [4.69, 9.17) is 4.74 Å². The van der Waals surface area contributed by atoms with Gasteiger partial charge in [0.15, 0.2) is 0 Å². The summed E-state index contributed by atoms with van der Waals surface area (Å²) in [5.74, 6) is 0.133. The van der Waals surface area contributed by atoms with Crippen molar-refractivity contribution in [3.63, 3.8) is 0 Å². The fourth-order valence-electron chi connectivity index (χ4n) is 2.02. The van der Waals surface area contributed by atoms with Crippen molar-refractivity contribution in [1.82, 2.24) is 0 Å². The molecular formula is C15H15FN2O3. The topological polar surface area (TPSA) is 64.4 Å². The molecule has 6 heteroatoms. The van der Waals surface area contributed by atoms with Gasteiger partial charge in [-0.2, -0.15) is 0 Å². The van der Waals surface area contributed by atoms with Crippen molar-refractivity contribution in [1.29, 1.82) is 0 Å². The van der Waals surface area contributed by atoms with Crippen LogP contribution in [0.15, 0.2) is 36.4 Å². The summed E-state index contributed by atoms with van der Waals surface area (Å²) in [4.78, 5) is 10.5. The lowest BCUT2D eigenvalue weighted by Gasteiger charge is -2.11. The van der Waals surface area contributed by atoms with E-state index < -0.39 is 10.7 Å². The number of ether oxygens (including phenoxy) is 1. The maximum absolute atomic E-state index is 13.7. The molecule has 0 saturated heterocycles. The van der Waals surface area contributed by atoms with Gasteiger partial charge in [0.2, 0.25) is 0 Å². The zero-order valence-electron chi connectivity index (χ0n) is 11.7. The predicted octanol–water partition coefficient (Wildman–Crippen LogP) is 3.66. The van der Waals surface area contributed by atoms with Crippen LogP contribution in [0.25, 0.3) is 0 Å². The second kappa shape index (κ2) is 6.21. The molecule has 0 saturated carbocycles. The van der Waals surface area contributed by atoms with E-state index in [2.05, 4.69) is 5.32 Å². The van der Waals surface area contributed by atoms with Crippen LogP contribution in [0, 0.1) is 22.9 Å². The number of benzene rings is 2. The van der Waals surface area contributed by atoms with Crippen LogP contribution in [0.4, 0.5) is 15.8 Å². The van der Waals surface area contributed by atoms with Crippen molar-refractivity contribution in [2.24, 2.45) is 0 Å². The highest BCUT2D eigenvalue weighted by Gasteiger charge is 2.13. The molecule has 0 amide bonds. The molecule has 0 radical (unpaired) electrons. The number of nitrogens with zero attached hydrogens (tertiary/aromatic N) is 1. The molecule has 5 nitrogen and oxygen atoms in total. The van der Waals surface area contributed by atoms with Crippen LogP contribution in [0.2, 0.25) is 0 Å². The Morgan fingerprint density at radius 3 is 2.76 bits per heavy atom. The summed E-state index contributed by atoms with van der Waals surface area (Å²) in [5, 5.41) is 13.8. The number of anilines is 1. The summed E-state index contributed by atoms with van der Waals surface area (Å²) in [6, 6.07) is 9.21. The lowest BCUT2D eigenvalue weighted by molar-refractivity contribution is -0.385. The van der Waals surface area contributed by atoms with Gasteiger partial charge < -0.3 is 10.1 Å². The first-order chi connectivity index (χ1) is 10.0. The molecule has 0 aliphatic carbocycles. The average Bonchev–Trinajstić information content (AvgIpc) is 2.47. The fraction of sp³-hybridized carbons (Fsp3) is 0.200. The molecular weight excluding hydrogens is 275 g/mol. The van der Waals surface area contributed by atoms with Crippen LogP contribution >= 0.6 is 0 Å². The number of rotatable bonds is 5. The molecule has 0 aliphatic heterocycles. The van der Waals surface area contributed by atoms with Crippen LogP contribution in [0.5, 0.6) is 5.75 Å². The highest BCUT2D eigenvalue weighted by molar-refractivity contribution is 5.51. The zero-order valence-corrected chi connectivity index (χ0v) is 11.7. The van der Waals surface area contributed by atoms with Gasteiger partial charge in [-0.15, -0.1) is 0 Å². The van der Waals surface area contributed by atoms with E-state index in [0.29, 0.717) is 17.0 Å². The Hall–Kier alpha value is -2.63. The molecule has 1 N–H and O–H groups in total. The average molecular weight is 290 g/mol. The van der Waals surface area contributed by atoms with Crippen molar-refractivity contribution in [2.75, 3.05) is 12.4 Å². The van der Waals surface area contributed by atoms with Gasteiger partial charge in [-0.3, -0.25) is 10.1 Å². The monoisotopic (exact) mass is 290 g/mol. The van der Waals surface area contributed by atoms with E-state index in [1.165, 1.54) is 25.3 Å². The Bertz CT molecular complexity index is 674. The Kier molecular flexibility index (Phi) is 4.37. The first kappa shape index (κ1) is 14.8. The maximum atomic E-state index is 13.7. The van der Waals surface area contributed by atoms with Gasteiger partial charge in [0.05, 0.1) is 17.7 Å². The Balaban J connectivity index is 2.21. The number of nitro benzene ring substituents is 1. The van der Waals surface area contributed by atoms with Gasteiger partial charge in [0.25, 0.3) is 5.69 Å². The SMILES string of the molecule is COc1ccc(F)c(NCc2cccc([N+](=O)[O-])c2C)c1. The standard InChI is InChI=1S/C15H15FN2O3/c1-10-11(4-3-5-15(10)18(19)20)9-17-14-8-12(21-2)6-7-13(14)16/h3-8,17H,9H2,1-2H3. The van der Waals surface area contributed by atoms with Gasteiger partial charge in [0.1, 0.15) is 11.6 Å². The largest absolute Gasteiger partial charge is 0.497 e. The minimum absolute atomic E-state index is 0.0559. The van der Waals surface area contributed by atoms with Gasteiger partial charge in [-0.05, 0) is 24.6 Å². The molecule has 2 aromatic rings. The van der Waals surface area contributed by atoms with Gasteiger partial charge >= 0.3 is 0 Å². The molecule has 0 bridgehead atoms. The third-order valence-electron chi connectivity index (χ3n) is 3.26. The van der Waals surface area contributed by atoms with Crippen LogP contribution in [0.3, 0.4) is 0 Å². The predicted molar refractivity (Wildman–Crippen MR) is 78.1 cm³/mol. The summed E-state index contributed by atoms with van der Waals surface area (Å²) < 4.78 is 18.7. The number of nitro groups is 1. The molecule has 0 unspecified atom stereocenters. The van der Waals surface area contributed by atoms with Crippen LogP contribution < -0.4 is 10.1 Å². The molecule has 110 valence electrons. The molecule has 0 fully saturated rings. The third kappa shape index (κ3) is 3.28. The van der Waals surface area contributed by atoms with E-state index in [-0.39, 0.29) is 12.2 Å². The first-order valence-corrected chi connectivity index (χ1v) is 6.33. The smallest absolute Gasteiger partial charge is 0.272 e. The Morgan fingerprint density at radius 1 is 1.33 bits per heavy atom. The van der Waals surface area contributed by atoms with Crippen LogP contribution in [-0.4, -0.2) is 12.0 Å². The number of halogens is 1. The second-order valence-corrected chi connectivity index (χ2v) is 4.52. The second-order valence-electron chi connectivity index (χ2n) is 4.52. The summed E-state index contributed by atoms with van der Waals surface area (Å²) in [6.07, 6.45) is 0. The maximum Gasteiger partial charge on any atom is 0.272 e. The minimum atomic E-state index is -0.426. The summed E-state index contributed by atoms with van der Waals surface area (Å²) in [5.41, 5.74) is 1.66. The van der Waals surface area contributed by atoms with E-state index >= 15 is 0 Å². The van der Waals surface area contributed by atoms with Gasteiger partial charge in [0, 0.05) is 24.2 Å². The van der Waals surface area contributed by atoms with E-state index in [1.807, 2.05) is 0 Å². The minimum Gasteiger partial charge on any atom is -0.497 e. The lowest BCUT2D eigenvalue weighted by Crippen LogP contribution is -2.05. The fourth-order valence-corrected chi connectivity index (χ4v) is 2.02. The molecule has 0 atom stereocenters. The third-order valence-corrected chi connectivity index (χ3v) is 3.26. The van der Waals surface area contributed by atoms with Crippen molar-refractivity contribution < 1.29 is 14.1 Å². The number of nitrogens with one attached hydrogen (secondary N) is 1. The van der Waals surface area contributed by atoms with Crippen LogP contribution in [0.1, 0.15) is 11.1 Å². The molecule has 2 rings (SSSR count). The number of hydrogen-bond acceptors (Lipinski definition) is 4. The number of hydrogen-bond donors (Lipinski definition) is 1. The number of methoxy groups -OCH3 is 1. The molecule has 0 spiro atoms. The summed E-state index contributed by atoms with van der Waals surface area (Å²) in [6.45, 7) is 1.97. The lowest BCUT2D eigenvalue weighted by atomic mass is 10.1. The van der Waals surface area contributed by atoms with E-state index in [1.54, 1.807) is 25.1 Å². The van der Waals surface area contributed by atoms with E-state index in [0.717, 1.165) is 5.56 Å². The molecule has 0 heterocycles. The molecule has 21 heavy (non-hydrogen) atoms. The van der Waals surface area contributed by atoms with Crippen molar-refractivity contribution in [3.05, 3.63) is 63.5 Å². The van der Waals surface area contributed by atoms with Crippen molar-refractivity contribution in [2.45, 2.75) is 13.5 Å². The zero-order chi connectivity index (χ0) is 15.4. The Morgan fingerprint density at radius 2 is 2.10 bits per heavy atom. The molecule has 2 aromatic carbocycles. The molecule has 0 aliphatic rings. The Labute approximate surface area is 121 Å². The highest BCUT2D eigenvalue weighted by atomic mass is 19.1. The molecule has 0 aromatic heterocycles. The summed E-state index contributed by atoms with van der Waals surface area (Å²) >= 11 is 0. The van der Waals surface area contributed by atoms with Gasteiger partial charge in [-0.1, -0.05) is 12.1 Å². The van der Waals surface area contributed by atoms with Crippen molar-refractivity contribution in [3.8, 4) is 5.75 Å². The normalized spacial score (nSPS) is 10.2. The van der Waals surface area contributed by atoms with Crippen LogP contribution in [-0.2, 0) is 6.54 Å². The highest BCUT2D eigenvalue weighted by Crippen LogP contribution is 2.24. The summed E-state index contributed by atoms with van der Waals surface area (Å²) in [7, 11) is 1.50. The van der Waals surface area contributed by atoms with E-state index in [9.17, 15) is 14.5 Å². The van der Waals surface area contributed by atoms with Crippen molar-refractivity contribution >= 4 is 11.4 Å². The first-order valence-electron chi connectivity index (χ1n) is 6.33.